The van der Waals surface area contributed by atoms with E-state index in [1.807, 2.05) is 38.1 Å². The average Bonchev–Trinajstić information content (AvgIpc) is 2.76. The van der Waals surface area contributed by atoms with Crippen molar-refractivity contribution in [1.82, 2.24) is 10.2 Å². The van der Waals surface area contributed by atoms with Crippen molar-refractivity contribution in [3.05, 3.63) is 65.2 Å². The summed E-state index contributed by atoms with van der Waals surface area (Å²) in [5.74, 6) is 0.136. The van der Waals surface area contributed by atoms with Crippen molar-refractivity contribution < 1.29 is 9.59 Å². The Hall–Kier alpha value is -2.31. The van der Waals surface area contributed by atoms with Gasteiger partial charge in [0.2, 0.25) is 11.8 Å². The van der Waals surface area contributed by atoms with Gasteiger partial charge in [-0.15, -0.1) is 11.8 Å². The van der Waals surface area contributed by atoms with Crippen LogP contribution in [0, 0.1) is 6.92 Å². The smallest absolute Gasteiger partial charge is 0.234 e. The second-order valence-electron chi connectivity index (χ2n) is 7.95. The highest BCUT2D eigenvalue weighted by molar-refractivity contribution is 8.01. The van der Waals surface area contributed by atoms with Crippen LogP contribution in [0.4, 0.5) is 5.69 Å². The monoisotopic (exact) mass is 425 g/mol. The van der Waals surface area contributed by atoms with E-state index in [0.717, 1.165) is 30.8 Å². The van der Waals surface area contributed by atoms with Crippen LogP contribution in [0.5, 0.6) is 0 Å². The van der Waals surface area contributed by atoms with Crippen LogP contribution in [0.3, 0.4) is 0 Å². The predicted octanol–water partition coefficient (Wildman–Crippen LogP) is 3.62. The van der Waals surface area contributed by atoms with Crippen molar-refractivity contribution in [2.24, 2.45) is 0 Å². The van der Waals surface area contributed by atoms with Gasteiger partial charge in [0.15, 0.2) is 0 Å². The van der Waals surface area contributed by atoms with Gasteiger partial charge in [0.25, 0.3) is 0 Å². The summed E-state index contributed by atoms with van der Waals surface area (Å²) >= 11 is 1.36. The Bertz CT molecular complexity index is 869. The Morgan fingerprint density at radius 3 is 2.50 bits per heavy atom. The molecule has 0 aromatic heterocycles. The molecule has 2 aromatic rings. The van der Waals surface area contributed by atoms with Crippen LogP contribution in [0.1, 0.15) is 30.5 Å². The molecule has 3 rings (SSSR count). The summed E-state index contributed by atoms with van der Waals surface area (Å²) in [5, 5.41) is 5.64. The zero-order chi connectivity index (χ0) is 21.5. The molecule has 2 atom stereocenters. The topological polar surface area (TPSA) is 61.4 Å². The summed E-state index contributed by atoms with van der Waals surface area (Å²) in [6, 6.07) is 16.5. The lowest BCUT2D eigenvalue weighted by Crippen LogP contribution is -2.45. The van der Waals surface area contributed by atoms with Crippen LogP contribution in [0.2, 0.25) is 0 Å². The third kappa shape index (κ3) is 6.34. The quantitative estimate of drug-likeness (QED) is 0.678. The molecule has 5 nitrogen and oxygen atoms in total. The van der Waals surface area contributed by atoms with Crippen molar-refractivity contribution >= 4 is 29.3 Å². The molecule has 30 heavy (non-hydrogen) atoms. The normalized spacial score (nSPS) is 15.7. The molecule has 2 aromatic carbocycles. The van der Waals surface area contributed by atoms with E-state index in [9.17, 15) is 9.59 Å². The number of carbonyl (C=O) groups is 2. The zero-order valence-corrected chi connectivity index (χ0v) is 18.8. The Kier molecular flexibility index (Phi) is 7.94. The molecular weight excluding hydrogens is 394 g/mol. The van der Waals surface area contributed by atoms with Crippen LogP contribution in [-0.4, -0.2) is 46.8 Å². The fourth-order valence-electron chi connectivity index (χ4n) is 3.53. The molecule has 1 aliphatic heterocycles. The molecule has 0 fully saturated rings. The number of aryl methyl sites for hydroxylation is 1. The van der Waals surface area contributed by atoms with Crippen LogP contribution in [0.15, 0.2) is 48.5 Å². The standard InChI is InChI=1S/C24H31N3O2S/c1-17-8-10-22(11-9-17)26-23(28)16-30-19(3)24(29)25-14-18(2)27-13-12-20-6-4-5-7-21(20)15-27/h4-11,18-19H,12-16H2,1-3H3,(H,25,29)(H,26,28). The predicted molar refractivity (Wildman–Crippen MR) is 125 cm³/mol. The van der Waals surface area contributed by atoms with E-state index >= 15 is 0 Å². The van der Waals surface area contributed by atoms with Crippen LogP contribution < -0.4 is 10.6 Å². The SMILES string of the molecule is Cc1ccc(NC(=O)CSC(C)C(=O)NCC(C)N2CCc3ccccc3C2)cc1. The largest absolute Gasteiger partial charge is 0.354 e. The number of fused-ring (bicyclic) bond motifs is 1. The number of anilines is 1. The molecule has 0 saturated carbocycles. The Morgan fingerprint density at radius 2 is 1.77 bits per heavy atom. The van der Waals surface area contributed by atoms with Crippen LogP contribution >= 0.6 is 11.8 Å². The number of hydrogen-bond donors (Lipinski definition) is 2. The number of rotatable bonds is 8. The fourth-order valence-corrected chi connectivity index (χ4v) is 4.23. The Balaban J connectivity index is 1.38. The molecule has 2 unspecified atom stereocenters. The molecule has 0 saturated heterocycles. The van der Waals surface area contributed by atoms with Gasteiger partial charge in [-0.3, -0.25) is 14.5 Å². The van der Waals surface area contributed by atoms with Gasteiger partial charge in [-0.2, -0.15) is 0 Å². The second-order valence-corrected chi connectivity index (χ2v) is 9.28. The molecule has 0 radical (unpaired) electrons. The third-order valence-corrected chi connectivity index (χ3v) is 6.67. The van der Waals surface area contributed by atoms with Crippen molar-refractivity contribution in [3.8, 4) is 0 Å². The first-order valence-corrected chi connectivity index (χ1v) is 11.5. The minimum atomic E-state index is -0.275. The number of benzene rings is 2. The number of carbonyl (C=O) groups excluding carboxylic acids is 2. The first-order chi connectivity index (χ1) is 14.4. The lowest BCUT2D eigenvalue weighted by molar-refractivity contribution is -0.120. The van der Waals surface area contributed by atoms with Gasteiger partial charge >= 0.3 is 0 Å². The number of nitrogens with zero attached hydrogens (tertiary/aromatic N) is 1. The maximum Gasteiger partial charge on any atom is 0.234 e. The van der Waals surface area contributed by atoms with Gasteiger partial charge in [-0.05, 0) is 50.5 Å². The van der Waals surface area contributed by atoms with E-state index in [1.54, 1.807) is 0 Å². The number of amides is 2. The summed E-state index contributed by atoms with van der Waals surface area (Å²) in [5.41, 5.74) is 4.74. The van der Waals surface area contributed by atoms with E-state index in [2.05, 4.69) is 46.7 Å². The summed E-state index contributed by atoms with van der Waals surface area (Å²) in [4.78, 5) is 27.0. The Morgan fingerprint density at radius 1 is 1.07 bits per heavy atom. The molecular formula is C24H31N3O2S. The van der Waals surface area contributed by atoms with Gasteiger partial charge < -0.3 is 10.6 Å². The van der Waals surface area contributed by atoms with Gasteiger partial charge in [0.05, 0.1) is 11.0 Å². The van der Waals surface area contributed by atoms with E-state index in [0.29, 0.717) is 6.54 Å². The molecule has 6 heteroatoms. The molecule has 0 bridgehead atoms. The number of thioether (sulfide) groups is 1. The van der Waals surface area contributed by atoms with Gasteiger partial charge in [0, 0.05) is 31.4 Å². The van der Waals surface area contributed by atoms with Crippen LogP contribution in [-0.2, 0) is 22.6 Å². The number of hydrogen-bond acceptors (Lipinski definition) is 4. The minimum absolute atomic E-state index is 0.0209. The molecule has 1 heterocycles. The lowest BCUT2D eigenvalue weighted by atomic mass is 9.99. The molecule has 1 aliphatic rings. The highest BCUT2D eigenvalue weighted by atomic mass is 32.2. The van der Waals surface area contributed by atoms with Crippen molar-refractivity contribution in [1.29, 1.82) is 0 Å². The summed E-state index contributed by atoms with van der Waals surface area (Å²) in [6.07, 6.45) is 1.05. The van der Waals surface area contributed by atoms with Gasteiger partial charge in [-0.1, -0.05) is 42.0 Å². The summed E-state index contributed by atoms with van der Waals surface area (Å²) < 4.78 is 0. The third-order valence-electron chi connectivity index (χ3n) is 5.52. The maximum atomic E-state index is 12.5. The highest BCUT2D eigenvalue weighted by Gasteiger charge is 2.22. The molecule has 0 aliphatic carbocycles. The van der Waals surface area contributed by atoms with E-state index in [1.165, 1.54) is 22.9 Å². The maximum absolute atomic E-state index is 12.5. The minimum Gasteiger partial charge on any atom is -0.354 e. The fraction of sp³-hybridized carbons (Fsp3) is 0.417. The Labute approximate surface area is 183 Å². The lowest BCUT2D eigenvalue weighted by Gasteiger charge is -2.34. The zero-order valence-electron chi connectivity index (χ0n) is 18.0. The highest BCUT2D eigenvalue weighted by Crippen LogP contribution is 2.20. The molecule has 2 amide bonds. The summed E-state index contributed by atoms with van der Waals surface area (Å²) in [7, 11) is 0. The molecule has 2 N–H and O–H groups in total. The second kappa shape index (κ2) is 10.6. The average molecular weight is 426 g/mol. The molecule has 0 spiro atoms. The van der Waals surface area contributed by atoms with Crippen LogP contribution in [0.25, 0.3) is 0 Å². The van der Waals surface area contributed by atoms with E-state index in [-0.39, 0.29) is 28.9 Å². The van der Waals surface area contributed by atoms with Crippen molar-refractivity contribution in [3.63, 3.8) is 0 Å². The first kappa shape index (κ1) is 22.4. The first-order valence-electron chi connectivity index (χ1n) is 10.5. The van der Waals surface area contributed by atoms with Gasteiger partial charge in [0.1, 0.15) is 0 Å². The van der Waals surface area contributed by atoms with Gasteiger partial charge in [-0.25, -0.2) is 0 Å². The summed E-state index contributed by atoms with van der Waals surface area (Å²) in [6.45, 7) is 8.56. The van der Waals surface area contributed by atoms with Crippen molar-refractivity contribution in [2.75, 3.05) is 24.2 Å². The number of nitrogens with one attached hydrogen (secondary N) is 2. The van der Waals surface area contributed by atoms with E-state index in [4.69, 9.17) is 0 Å². The van der Waals surface area contributed by atoms with Crippen molar-refractivity contribution in [2.45, 2.75) is 45.0 Å². The molecule has 160 valence electrons. The van der Waals surface area contributed by atoms with E-state index < -0.39 is 0 Å².